The summed E-state index contributed by atoms with van der Waals surface area (Å²) in [6, 6.07) is 4.71. The van der Waals surface area contributed by atoms with Crippen molar-refractivity contribution >= 4 is 29.6 Å². The highest BCUT2D eigenvalue weighted by Gasteiger charge is 2.63. The summed E-state index contributed by atoms with van der Waals surface area (Å²) in [4.78, 5) is 56.9. The molecule has 0 radical (unpaired) electrons. The third kappa shape index (κ3) is 6.62. The molecule has 0 spiro atoms. The molecule has 0 amide bonds. The van der Waals surface area contributed by atoms with Gasteiger partial charge in [0.25, 0.3) is 11.5 Å². The van der Waals surface area contributed by atoms with Crippen LogP contribution in [0.5, 0.6) is 5.75 Å². The maximum absolute atomic E-state index is 11.8. The fourth-order valence-electron chi connectivity index (χ4n) is 3.12. The molecule has 14 nitrogen and oxygen atoms in total. The summed E-state index contributed by atoms with van der Waals surface area (Å²) < 4.78 is 31.5. The molecule has 0 saturated carbocycles. The maximum atomic E-state index is 11.8. The number of benzene rings is 1. The van der Waals surface area contributed by atoms with Crippen LogP contribution in [-0.4, -0.2) is 70.9 Å². The van der Waals surface area contributed by atoms with Gasteiger partial charge in [0.05, 0.1) is 4.92 Å². The Morgan fingerprint density at radius 1 is 1.00 bits per heavy atom. The number of hydrogen-bond donors (Lipinski definition) is 1. The molecule has 1 N–H and O–H groups in total. The van der Waals surface area contributed by atoms with Gasteiger partial charge in [-0.15, -0.1) is 0 Å². The van der Waals surface area contributed by atoms with Crippen molar-refractivity contribution in [3.8, 4) is 5.75 Å². The van der Waals surface area contributed by atoms with Crippen LogP contribution in [0.4, 0.5) is 5.69 Å². The van der Waals surface area contributed by atoms with Gasteiger partial charge in [-0.25, -0.2) is 0 Å². The Hall–Kier alpha value is -3.78. The quantitative estimate of drug-likeness (QED) is 0.175. The van der Waals surface area contributed by atoms with E-state index in [1.807, 2.05) is 0 Å². The van der Waals surface area contributed by atoms with E-state index in [2.05, 4.69) is 0 Å². The van der Waals surface area contributed by atoms with Gasteiger partial charge in [-0.2, -0.15) is 0 Å². The van der Waals surface area contributed by atoms with E-state index in [0.29, 0.717) is 0 Å². The van der Waals surface area contributed by atoms with Crippen LogP contribution in [0, 0.1) is 10.1 Å². The van der Waals surface area contributed by atoms with Crippen LogP contribution in [0.1, 0.15) is 27.7 Å². The summed E-state index contributed by atoms with van der Waals surface area (Å²) in [5.41, 5.74) is -0.233. The fraction of sp³-hybridized carbons (Fsp3) is 0.500. The van der Waals surface area contributed by atoms with E-state index in [1.54, 1.807) is 0 Å². The molecule has 14 heteroatoms. The van der Waals surface area contributed by atoms with Crippen LogP contribution >= 0.6 is 0 Å². The molecule has 1 aromatic rings. The van der Waals surface area contributed by atoms with Crippen molar-refractivity contribution in [1.29, 1.82) is 0 Å². The van der Waals surface area contributed by atoms with Gasteiger partial charge >= 0.3 is 23.9 Å². The third-order valence-corrected chi connectivity index (χ3v) is 4.37. The highest BCUT2D eigenvalue weighted by molar-refractivity contribution is 5.69. The third-order valence-electron chi connectivity index (χ3n) is 4.37. The van der Waals surface area contributed by atoms with Crippen molar-refractivity contribution in [3.05, 3.63) is 34.4 Å². The Labute approximate surface area is 192 Å². The summed E-state index contributed by atoms with van der Waals surface area (Å²) in [6.07, 6.45) is -6.84. The van der Waals surface area contributed by atoms with Crippen LogP contribution in [0.15, 0.2) is 24.3 Å². The number of nitrogens with zero attached hydrogens (tertiary/aromatic N) is 1. The lowest BCUT2D eigenvalue weighted by Gasteiger charge is -2.48. The highest BCUT2D eigenvalue weighted by atomic mass is 16.8. The van der Waals surface area contributed by atoms with E-state index in [1.165, 1.54) is 12.1 Å². The summed E-state index contributed by atoms with van der Waals surface area (Å²) in [5.74, 6) is -6.39. The van der Waals surface area contributed by atoms with Gasteiger partial charge in [-0.05, 0) is 12.1 Å². The molecular weight excluding hydrogens is 462 g/mol. The largest absolute Gasteiger partial charge is 0.463 e. The summed E-state index contributed by atoms with van der Waals surface area (Å²) in [5, 5.41) is 22.1. The minimum atomic E-state index is -2.76. The predicted octanol–water partition coefficient (Wildman–Crippen LogP) is 0.377. The molecule has 1 aliphatic rings. The minimum Gasteiger partial charge on any atom is -0.463 e. The standard InChI is InChI=1S/C20H23NO13/c1-10(22)29-9-16-20(26,34-13(4)25)18(31-12(3)24)17(30-11(2)23)19(33-16)32-15-7-5-14(6-8-15)21(27)28/h5-8,16-19,26H,9H2,1-4H3/t16-,17-,18-,19-,20-/m0/s1. The Kier molecular flexibility index (Phi) is 8.48. The molecule has 0 bridgehead atoms. The van der Waals surface area contributed by atoms with Gasteiger partial charge in [0.1, 0.15) is 12.4 Å². The topological polar surface area (TPSA) is 187 Å². The van der Waals surface area contributed by atoms with Crippen molar-refractivity contribution < 1.29 is 57.6 Å². The van der Waals surface area contributed by atoms with Gasteiger partial charge in [-0.1, -0.05) is 0 Å². The Morgan fingerprint density at radius 3 is 2.06 bits per heavy atom. The molecule has 34 heavy (non-hydrogen) atoms. The first-order chi connectivity index (χ1) is 15.8. The van der Waals surface area contributed by atoms with Gasteiger partial charge in [0.15, 0.2) is 6.10 Å². The number of esters is 4. The number of nitro benzene ring substituents is 1. The van der Waals surface area contributed by atoms with Gasteiger partial charge in [0, 0.05) is 39.8 Å². The molecule has 0 aromatic heterocycles. The second kappa shape index (κ2) is 10.9. The monoisotopic (exact) mass is 485 g/mol. The molecule has 1 aliphatic heterocycles. The average Bonchev–Trinajstić information content (AvgIpc) is 2.71. The van der Waals surface area contributed by atoms with Crippen LogP contribution in [0.2, 0.25) is 0 Å². The zero-order valence-electron chi connectivity index (χ0n) is 18.6. The number of aliphatic hydroxyl groups is 1. The normalized spacial score (nSPS) is 26.0. The van der Waals surface area contributed by atoms with Crippen molar-refractivity contribution in [2.75, 3.05) is 6.61 Å². The number of rotatable bonds is 8. The molecule has 0 aliphatic carbocycles. The number of carbonyl (C=O) groups is 4. The molecule has 1 fully saturated rings. The predicted molar refractivity (Wildman–Crippen MR) is 107 cm³/mol. The van der Waals surface area contributed by atoms with Crippen molar-refractivity contribution in [1.82, 2.24) is 0 Å². The summed E-state index contributed by atoms with van der Waals surface area (Å²) in [7, 11) is 0. The van der Waals surface area contributed by atoms with E-state index in [4.69, 9.17) is 28.4 Å². The number of hydrogen-bond acceptors (Lipinski definition) is 13. The highest BCUT2D eigenvalue weighted by Crippen LogP contribution is 2.37. The van der Waals surface area contributed by atoms with Crippen molar-refractivity contribution in [3.63, 3.8) is 0 Å². The maximum Gasteiger partial charge on any atom is 0.305 e. The molecule has 186 valence electrons. The fourth-order valence-corrected chi connectivity index (χ4v) is 3.12. The molecule has 1 aromatic carbocycles. The molecule has 0 unspecified atom stereocenters. The minimum absolute atomic E-state index is 0.0125. The van der Waals surface area contributed by atoms with Gasteiger partial charge in [-0.3, -0.25) is 29.3 Å². The van der Waals surface area contributed by atoms with Crippen molar-refractivity contribution in [2.45, 2.75) is 58.1 Å². The van der Waals surface area contributed by atoms with E-state index in [0.717, 1.165) is 39.8 Å². The first kappa shape index (κ1) is 26.5. The van der Waals surface area contributed by atoms with E-state index >= 15 is 0 Å². The first-order valence-electron chi connectivity index (χ1n) is 9.79. The number of ether oxygens (including phenoxy) is 6. The SMILES string of the molecule is CC(=O)OC[C@@H]1O[C@H](Oc2ccc([N+](=O)[O-])cc2)[C@@H](OC(C)=O)[C@H](OC(C)=O)[C@@]1(O)OC(C)=O. The lowest BCUT2D eigenvalue weighted by atomic mass is 9.94. The van der Waals surface area contributed by atoms with Crippen LogP contribution in [-0.2, 0) is 42.9 Å². The molecule has 5 atom stereocenters. The first-order valence-corrected chi connectivity index (χ1v) is 9.79. The van der Waals surface area contributed by atoms with Crippen molar-refractivity contribution in [2.24, 2.45) is 0 Å². The van der Waals surface area contributed by atoms with E-state index < -0.39 is 65.8 Å². The number of carbonyl (C=O) groups excluding carboxylic acids is 4. The zero-order chi connectivity index (χ0) is 25.6. The van der Waals surface area contributed by atoms with E-state index in [-0.39, 0.29) is 11.4 Å². The zero-order valence-corrected chi connectivity index (χ0v) is 18.6. The van der Waals surface area contributed by atoms with Gasteiger partial charge < -0.3 is 33.5 Å². The Bertz CT molecular complexity index is 946. The van der Waals surface area contributed by atoms with E-state index in [9.17, 15) is 34.4 Å². The van der Waals surface area contributed by atoms with Crippen LogP contribution < -0.4 is 4.74 Å². The summed E-state index contributed by atoms with van der Waals surface area (Å²) in [6.45, 7) is 3.35. The van der Waals surface area contributed by atoms with Crippen LogP contribution in [0.3, 0.4) is 0 Å². The second-order valence-electron chi connectivity index (χ2n) is 7.11. The number of nitro groups is 1. The van der Waals surface area contributed by atoms with Gasteiger partial charge in [0.2, 0.25) is 18.5 Å². The molecule has 1 saturated heterocycles. The lowest BCUT2D eigenvalue weighted by molar-refractivity contribution is -0.385. The summed E-state index contributed by atoms with van der Waals surface area (Å²) >= 11 is 0. The smallest absolute Gasteiger partial charge is 0.305 e. The molecular formula is C20H23NO13. The average molecular weight is 485 g/mol. The Balaban J connectivity index is 2.52. The van der Waals surface area contributed by atoms with Crippen LogP contribution in [0.25, 0.3) is 0 Å². The Morgan fingerprint density at radius 2 is 1.59 bits per heavy atom. The molecule has 1 heterocycles. The number of non-ortho nitro benzene ring substituents is 1. The molecule has 2 rings (SSSR count). The second-order valence-corrected chi connectivity index (χ2v) is 7.11. The lowest BCUT2D eigenvalue weighted by Crippen LogP contribution is -2.71.